The van der Waals surface area contributed by atoms with Gasteiger partial charge in [-0.1, -0.05) is 0 Å². The van der Waals surface area contributed by atoms with E-state index in [1.807, 2.05) is 6.26 Å². The molecule has 1 aliphatic rings. The fourth-order valence-corrected chi connectivity index (χ4v) is 4.99. The molecule has 1 aliphatic heterocycles. The van der Waals surface area contributed by atoms with Crippen molar-refractivity contribution in [2.24, 2.45) is 5.73 Å². The molecular weight excluding hydrogens is 430 g/mol. The summed E-state index contributed by atoms with van der Waals surface area (Å²) in [6.45, 7) is -0.289. The number of rotatable bonds is 9. The summed E-state index contributed by atoms with van der Waals surface area (Å²) in [5, 5.41) is 32.6. The Balaban J connectivity index is 1.62. The number of hydrogen-bond acceptors (Lipinski definition) is 10. The van der Waals surface area contributed by atoms with Gasteiger partial charge in [-0.2, -0.15) is 0 Å². The van der Waals surface area contributed by atoms with Gasteiger partial charge in [-0.3, -0.25) is 9.36 Å². The molecule has 0 saturated carbocycles. The Bertz CT molecular complexity index is 943. The molecule has 3 rings (SSSR count). The molecule has 0 aliphatic carbocycles. The highest BCUT2D eigenvalue weighted by atomic mass is 32.2. The molecule has 8 N–H and O–H groups in total. The zero-order valence-corrected chi connectivity index (χ0v) is 17.6. The van der Waals surface area contributed by atoms with Crippen molar-refractivity contribution in [1.82, 2.24) is 24.8 Å². The Labute approximate surface area is 180 Å². The molecule has 1 amide bonds. The van der Waals surface area contributed by atoms with E-state index in [1.165, 1.54) is 17.2 Å². The lowest BCUT2D eigenvalue weighted by Crippen LogP contribution is -2.44. The van der Waals surface area contributed by atoms with Crippen molar-refractivity contribution in [3.05, 3.63) is 12.7 Å². The molecule has 1 fully saturated rings. The monoisotopic (exact) mass is 456 g/mol. The van der Waals surface area contributed by atoms with E-state index in [2.05, 4.69) is 20.3 Å². The van der Waals surface area contributed by atoms with E-state index in [-0.39, 0.29) is 29.7 Å². The van der Waals surface area contributed by atoms with Gasteiger partial charge >= 0.3 is 5.97 Å². The number of ether oxygens (including phenoxy) is 1. The maximum Gasteiger partial charge on any atom is 0.326 e. The van der Waals surface area contributed by atoms with E-state index >= 15 is 0 Å². The van der Waals surface area contributed by atoms with E-state index in [1.54, 1.807) is 0 Å². The van der Waals surface area contributed by atoms with Gasteiger partial charge in [0.05, 0.1) is 19.1 Å². The number of aromatic nitrogens is 4. The molecule has 0 bridgehead atoms. The van der Waals surface area contributed by atoms with Crippen molar-refractivity contribution in [3.63, 3.8) is 0 Å². The summed E-state index contributed by atoms with van der Waals surface area (Å²) in [6.07, 6.45) is 0.852. The number of carbonyl (C=O) groups is 2. The highest BCUT2D eigenvalue weighted by Gasteiger charge is 2.46. The first kappa shape index (κ1) is 23.1. The van der Waals surface area contributed by atoms with E-state index in [9.17, 15) is 24.9 Å². The molecule has 3 heterocycles. The fourth-order valence-electron chi connectivity index (χ4n) is 3.35. The average Bonchev–Trinajstić information content (AvgIpc) is 3.28. The quantitative estimate of drug-likeness (QED) is 0.212. The van der Waals surface area contributed by atoms with E-state index in [0.717, 1.165) is 0 Å². The molecule has 170 valence electrons. The molecule has 6 atom stereocenters. The number of aliphatic hydroxyl groups excluding tert-OH is 2. The largest absolute Gasteiger partial charge is 0.480 e. The van der Waals surface area contributed by atoms with Gasteiger partial charge in [-0.25, -0.2) is 19.7 Å². The van der Waals surface area contributed by atoms with Crippen molar-refractivity contribution < 1.29 is 29.6 Å². The molecule has 0 spiro atoms. The number of nitrogen functional groups attached to an aromatic ring is 1. The Kier molecular flexibility index (Phi) is 7.27. The number of anilines is 1. The predicted octanol–water partition coefficient (Wildman–Crippen LogP) is -2.81. The van der Waals surface area contributed by atoms with Crippen molar-refractivity contribution in [3.8, 4) is 0 Å². The number of fused-ring (bicyclic) bond motifs is 1. The van der Waals surface area contributed by atoms with Crippen LogP contribution in [0.15, 0.2) is 12.7 Å². The van der Waals surface area contributed by atoms with Gasteiger partial charge in [-0.15, -0.1) is 0 Å². The van der Waals surface area contributed by atoms with Crippen molar-refractivity contribution in [2.75, 3.05) is 30.0 Å². The minimum atomic E-state index is -1.22. The highest BCUT2D eigenvalue weighted by molar-refractivity contribution is 7.96. The van der Waals surface area contributed by atoms with Gasteiger partial charge in [0, 0.05) is 6.42 Å². The number of nitrogens with zero attached hydrogens (tertiary/aromatic N) is 4. The third-order valence-electron chi connectivity index (χ3n) is 5.02. The Morgan fingerprint density at radius 3 is 2.74 bits per heavy atom. The zero-order chi connectivity index (χ0) is 22.7. The first-order valence-corrected chi connectivity index (χ1v) is 11.5. The molecule has 31 heavy (non-hydrogen) atoms. The molecule has 2 aromatic heterocycles. The second-order valence-electron chi connectivity index (χ2n) is 7.23. The minimum Gasteiger partial charge on any atom is -0.480 e. The number of imidazole rings is 1. The van der Waals surface area contributed by atoms with E-state index in [4.69, 9.17) is 16.2 Å². The van der Waals surface area contributed by atoms with Crippen LogP contribution in [0.2, 0.25) is 0 Å². The number of amides is 1. The van der Waals surface area contributed by atoms with Crippen LogP contribution in [0.5, 0.6) is 0 Å². The van der Waals surface area contributed by atoms with Gasteiger partial charge in [0.1, 0.15) is 47.7 Å². The number of carboxylic acid groups (broad SMARTS) is 1. The van der Waals surface area contributed by atoms with E-state index in [0.29, 0.717) is 22.7 Å². The van der Waals surface area contributed by atoms with Crippen LogP contribution in [-0.2, 0) is 25.2 Å². The maximum atomic E-state index is 11.4. The van der Waals surface area contributed by atoms with Crippen LogP contribution in [0.1, 0.15) is 12.6 Å². The third kappa shape index (κ3) is 5.04. The second kappa shape index (κ2) is 9.74. The number of nitrogens with two attached hydrogens (primary N) is 2. The Hall–Kier alpha value is -2.52. The molecule has 0 radical (unpaired) electrons. The maximum absolute atomic E-state index is 11.4. The Morgan fingerprint density at radius 2 is 2.06 bits per heavy atom. The van der Waals surface area contributed by atoms with Crippen molar-refractivity contribution in [1.29, 1.82) is 0 Å². The summed E-state index contributed by atoms with van der Waals surface area (Å²) in [6, 6.07) is -1.04. The SMILES string of the molecule is C[S+](CC[C@@H](NC(=O)CN)C(=O)O)CC1OC(n2cnc3c(N)ncnc32)[C@@H](O)[C@H]1O. The second-order valence-corrected chi connectivity index (χ2v) is 9.54. The number of carbonyl (C=O) groups excluding carboxylic acids is 1. The van der Waals surface area contributed by atoms with Crippen LogP contribution in [-0.4, -0.2) is 95.4 Å². The molecule has 0 aromatic carbocycles. The molecule has 2 aromatic rings. The summed E-state index contributed by atoms with van der Waals surface area (Å²) in [7, 11) is -0.354. The average molecular weight is 457 g/mol. The molecule has 1 saturated heterocycles. The lowest BCUT2D eigenvalue weighted by molar-refractivity contribution is -0.141. The standard InChI is InChI=1S/C17H25N7O6S/c1-31(3-2-8(17(28)29)23-10(25)4-18)5-9-12(26)13(27)16(30-9)24-7-22-11-14(19)20-6-21-15(11)24/h6-9,12-13,16,26-27H,2-5,18H2,1H3,(H3-,19,20,21,23,25,28,29)/p+1/t8-,9?,12+,13+,16?,31?/m1/s1. The van der Waals surface area contributed by atoms with Crippen LogP contribution >= 0.6 is 0 Å². The first-order valence-electron chi connectivity index (χ1n) is 9.49. The fraction of sp³-hybridized carbons (Fsp3) is 0.588. The summed E-state index contributed by atoms with van der Waals surface area (Å²) >= 11 is 0. The summed E-state index contributed by atoms with van der Waals surface area (Å²) in [5.74, 6) is -0.610. The van der Waals surface area contributed by atoms with Gasteiger partial charge in [0.15, 0.2) is 17.7 Å². The number of carboxylic acids is 1. The third-order valence-corrected chi connectivity index (χ3v) is 6.85. The van der Waals surface area contributed by atoms with Crippen LogP contribution in [0.25, 0.3) is 11.2 Å². The van der Waals surface area contributed by atoms with Gasteiger partial charge in [0.25, 0.3) is 0 Å². The number of nitrogens with one attached hydrogen (secondary N) is 1. The molecule has 13 nitrogen and oxygen atoms in total. The van der Waals surface area contributed by atoms with Gasteiger partial charge < -0.3 is 36.8 Å². The summed E-state index contributed by atoms with van der Waals surface area (Å²) in [5.41, 5.74) is 11.7. The Morgan fingerprint density at radius 1 is 1.32 bits per heavy atom. The van der Waals surface area contributed by atoms with Gasteiger partial charge in [0.2, 0.25) is 5.91 Å². The number of aliphatic carboxylic acids is 1. The van der Waals surface area contributed by atoms with Crippen LogP contribution in [0, 0.1) is 0 Å². The van der Waals surface area contributed by atoms with E-state index < -0.39 is 42.5 Å². The summed E-state index contributed by atoms with van der Waals surface area (Å²) < 4.78 is 7.41. The van der Waals surface area contributed by atoms with Gasteiger partial charge in [-0.05, 0) is 10.9 Å². The van der Waals surface area contributed by atoms with Crippen molar-refractivity contribution >= 4 is 39.8 Å². The number of aliphatic hydroxyl groups is 2. The minimum absolute atomic E-state index is 0.193. The molecule has 14 heteroatoms. The van der Waals surface area contributed by atoms with Crippen molar-refractivity contribution in [2.45, 2.75) is 37.0 Å². The topological polar surface area (TPSA) is 212 Å². The predicted molar refractivity (Wildman–Crippen MR) is 112 cm³/mol. The van der Waals surface area contributed by atoms with Crippen LogP contribution in [0.4, 0.5) is 5.82 Å². The molecule has 3 unspecified atom stereocenters. The zero-order valence-electron chi connectivity index (χ0n) is 16.8. The molecular formula is C17H26N7O6S+. The van der Waals surface area contributed by atoms with Crippen LogP contribution in [0.3, 0.4) is 0 Å². The number of hydrogen-bond donors (Lipinski definition) is 6. The lowest BCUT2D eigenvalue weighted by Gasteiger charge is -2.16. The summed E-state index contributed by atoms with van der Waals surface area (Å²) in [4.78, 5) is 34.9. The highest BCUT2D eigenvalue weighted by Crippen LogP contribution is 2.32. The smallest absolute Gasteiger partial charge is 0.326 e. The normalized spacial score (nSPS) is 25.4. The van der Waals surface area contributed by atoms with Crippen LogP contribution < -0.4 is 16.8 Å². The first-order chi connectivity index (χ1) is 14.7. The lowest BCUT2D eigenvalue weighted by atomic mass is 10.1.